The van der Waals surface area contributed by atoms with Crippen LogP contribution in [0.25, 0.3) is 0 Å². The van der Waals surface area contributed by atoms with Crippen LogP contribution in [0.1, 0.15) is 23.4 Å². The molecule has 3 rings (SSSR count). The van der Waals surface area contributed by atoms with Crippen LogP contribution in [0.5, 0.6) is 5.75 Å². The Morgan fingerprint density at radius 2 is 2.22 bits per heavy atom. The molecule has 122 valence electrons. The zero-order valence-electron chi connectivity index (χ0n) is 13.4. The minimum absolute atomic E-state index is 0.0188. The Balaban J connectivity index is 1.84. The highest BCUT2D eigenvalue weighted by Gasteiger charge is 2.31. The van der Waals surface area contributed by atoms with Crippen LogP contribution in [0.15, 0.2) is 36.0 Å². The van der Waals surface area contributed by atoms with Crippen LogP contribution < -0.4 is 4.74 Å². The number of carbonyl (C=O) groups is 1. The Morgan fingerprint density at radius 1 is 1.39 bits per heavy atom. The minimum Gasteiger partial charge on any atom is -0.496 e. The first kappa shape index (κ1) is 16.0. The van der Waals surface area contributed by atoms with Gasteiger partial charge in [-0.2, -0.15) is 0 Å². The van der Waals surface area contributed by atoms with Gasteiger partial charge in [0.05, 0.1) is 18.7 Å². The van der Waals surface area contributed by atoms with Gasteiger partial charge in [-0.05, 0) is 6.07 Å². The lowest BCUT2D eigenvalue weighted by Crippen LogP contribution is -2.49. The van der Waals surface area contributed by atoms with Crippen LogP contribution >= 0.6 is 11.3 Å². The van der Waals surface area contributed by atoms with E-state index in [4.69, 9.17) is 4.74 Å². The number of ether oxygens (including phenoxy) is 1. The number of amides is 1. The zero-order valence-corrected chi connectivity index (χ0v) is 14.3. The fraction of sp³-hybridized carbons (Fsp3) is 0.412. The largest absolute Gasteiger partial charge is 0.496 e. The summed E-state index contributed by atoms with van der Waals surface area (Å²) >= 11 is 1.67. The number of benzene rings is 1. The predicted octanol–water partition coefficient (Wildman–Crippen LogP) is 2.56. The third-order valence-electron chi connectivity index (χ3n) is 4.23. The summed E-state index contributed by atoms with van der Waals surface area (Å²) in [4.78, 5) is 21.8. The van der Waals surface area contributed by atoms with Crippen molar-refractivity contribution in [2.75, 3.05) is 26.7 Å². The summed E-state index contributed by atoms with van der Waals surface area (Å²) in [6, 6.07) is 7.98. The number of carbonyl (C=O) groups excluding carboxylic acids is 1. The van der Waals surface area contributed by atoms with E-state index in [0.717, 1.165) is 37.5 Å². The van der Waals surface area contributed by atoms with E-state index >= 15 is 0 Å². The second-order valence-electron chi connectivity index (χ2n) is 5.67. The number of para-hydroxylation sites is 1. The molecule has 2 aromatic rings. The Kier molecular flexibility index (Phi) is 4.93. The summed E-state index contributed by atoms with van der Waals surface area (Å²) in [5.74, 6) is 0.946. The SMILES string of the molecule is COc1ccccc1[C@@H]1CN(Cc2cncs2)CCN1C(C)=O. The highest BCUT2D eigenvalue weighted by molar-refractivity contribution is 7.09. The van der Waals surface area contributed by atoms with E-state index in [0.29, 0.717) is 0 Å². The molecule has 0 bridgehead atoms. The Morgan fingerprint density at radius 3 is 2.91 bits per heavy atom. The predicted molar refractivity (Wildman–Crippen MR) is 90.5 cm³/mol. The molecule has 23 heavy (non-hydrogen) atoms. The molecule has 1 aromatic heterocycles. The van der Waals surface area contributed by atoms with Crippen LogP contribution in [0.2, 0.25) is 0 Å². The van der Waals surface area contributed by atoms with Gasteiger partial charge in [0.2, 0.25) is 5.91 Å². The maximum absolute atomic E-state index is 12.1. The molecular weight excluding hydrogens is 310 g/mol. The summed E-state index contributed by atoms with van der Waals surface area (Å²) in [5, 5.41) is 0. The van der Waals surface area contributed by atoms with Gasteiger partial charge >= 0.3 is 0 Å². The van der Waals surface area contributed by atoms with Crippen LogP contribution in [0.3, 0.4) is 0 Å². The molecular formula is C17H21N3O2S. The maximum Gasteiger partial charge on any atom is 0.220 e. The second-order valence-corrected chi connectivity index (χ2v) is 6.64. The molecule has 6 heteroatoms. The molecule has 1 aromatic carbocycles. The van der Waals surface area contributed by atoms with E-state index in [1.807, 2.05) is 34.8 Å². The quantitative estimate of drug-likeness (QED) is 0.864. The van der Waals surface area contributed by atoms with E-state index in [1.165, 1.54) is 4.88 Å². The normalized spacial score (nSPS) is 18.9. The number of piperazine rings is 1. The zero-order chi connectivity index (χ0) is 16.2. The standard InChI is InChI=1S/C17H21N3O2S/c1-13(21)20-8-7-19(10-14-9-18-12-23-14)11-16(20)15-5-3-4-6-17(15)22-2/h3-6,9,12,16H,7-8,10-11H2,1-2H3/t16-/m0/s1. The van der Waals surface area contributed by atoms with E-state index in [2.05, 4.69) is 16.0 Å². The number of hydrogen-bond acceptors (Lipinski definition) is 5. The number of nitrogens with zero attached hydrogens (tertiary/aromatic N) is 3. The Labute approximate surface area is 140 Å². The molecule has 1 saturated heterocycles. The lowest BCUT2D eigenvalue weighted by Gasteiger charge is -2.41. The molecule has 0 spiro atoms. The smallest absolute Gasteiger partial charge is 0.220 e. The Hall–Kier alpha value is -1.92. The average Bonchev–Trinajstić information content (AvgIpc) is 3.07. The van der Waals surface area contributed by atoms with Crippen LogP contribution in [0.4, 0.5) is 0 Å². The first-order valence-electron chi connectivity index (χ1n) is 7.69. The van der Waals surface area contributed by atoms with E-state index in [1.54, 1.807) is 25.4 Å². The van der Waals surface area contributed by atoms with Crippen LogP contribution in [-0.2, 0) is 11.3 Å². The van der Waals surface area contributed by atoms with E-state index in [-0.39, 0.29) is 11.9 Å². The van der Waals surface area contributed by atoms with Crippen molar-refractivity contribution in [3.05, 3.63) is 46.4 Å². The highest BCUT2D eigenvalue weighted by Crippen LogP contribution is 2.32. The summed E-state index contributed by atoms with van der Waals surface area (Å²) in [7, 11) is 1.68. The topological polar surface area (TPSA) is 45.7 Å². The molecule has 1 atom stereocenters. The minimum atomic E-state index is 0.0188. The molecule has 1 fully saturated rings. The van der Waals surface area contributed by atoms with Crippen molar-refractivity contribution >= 4 is 17.2 Å². The fourth-order valence-electron chi connectivity index (χ4n) is 3.11. The average molecular weight is 331 g/mol. The van der Waals surface area contributed by atoms with Gasteiger partial charge in [0.25, 0.3) is 0 Å². The van der Waals surface area contributed by atoms with Crippen LogP contribution in [0, 0.1) is 0 Å². The van der Waals surface area contributed by atoms with E-state index in [9.17, 15) is 4.79 Å². The maximum atomic E-state index is 12.1. The molecule has 0 aliphatic carbocycles. The van der Waals surface area contributed by atoms with Gasteiger partial charge in [-0.3, -0.25) is 14.7 Å². The molecule has 0 radical (unpaired) electrons. The summed E-state index contributed by atoms with van der Waals surface area (Å²) in [6.07, 6.45) is 1.92. The third kappa shape index (κ3) is 3.54. The van der Waals surface area contributed by atoms with Crippen molar-refractivity contribution in [1.82, 2.24) is 14.8 Å². The number of methoxy groups -OCH3 is 1. The van der Waals surface area contributed by atoms with Crippen molar-refractivity contribution in [3.63, 3.8) is 0 Å². The number of thiazole rings is 1. The second kappa shape index (κ2) is 7.10. The third-order valence-corrected chi connectivity index (χ3v) is 4.99. The van der Waals surface area contributed by atoms with Crippen molar-refractivity contribution in [1.29, 1.82) is 0 Å². The molecule has 0 saturated carbocycles. The van der Waals surface area contributed by atoms with Gasteiger partial charge in [0, 0.05) is 49.7 Å². The fourth-order valence-corrected chi connectivity index (χ4v) is 3.74. The lowest BCUT2D eigenvalue weighted by atomic mass is 10.0. The van der Waals surface area contributed by atoms with Gasteiger partial charge in [-0.1, -0.05) is 18.2 Å². The van der Waals surface area contributed by atoms with E-state index < -0.39 is 0 Å². The number of aromatic nitrogens is 1. The van der Waals surface area contributed by atoms with Gasteiger partial charge in [-0.25, -0.2) is 0 Å². The molecule has 1 aliphatic heterocycles. The van der Waals surface area contributed by atoms with Gasteiger partial charge < -0.3 is 9.64 Å². The van der Waals surface area contributed by atoms with Gasteiger partial charge in [-0.15, -0.1) is 11.3 Å². The molecule has 5 nitrogen and oxygen atoms in total. The monoisotopic (exact) mass is 331 g/mol. The van der Waals surface area contributed by atoms with Gasteiger partial charge in [0.15, 0.2) is 0 Å². The molecule has 0 unspecified atom stereocenters. The number of hydrogen-bond donors (Lipinski definition) is 0. The lowest BCUT2D eigenvalue weighted by molar-refractivity contribution is -0.134. The summed E-state index contributed by atoms with van der Waals surface area (Å²) in [5.41, 5.74) is 2.93. The van der Waals surface area contributed by atoms with Crippen molar-refractivity contribution < 1.29 is 9.53 Å². The van der Waals surface area contributed by atoms with Crippen molar-refractivity contribution in [3.8, 4) is 5.75 Å². The molecule has 1 aliphatic rings. The first-order valence-corrected chi connectivity index (χ1v) is 8.57. The molecule has 0 N–H and O–H groups in total. The Bertz CT molecular complexity index is 660. The van der Waals surface area contributed by atoms with Crippen molar-refractivity contribution in [2.45, 2.75) is 19.5 Å². The first-order chi connectivity index (χ1) is 11.2. The highest BCUT2D eigenvalue weighted by atomic mass is 32.1. The van der Waals surface area contributed by atoms with Gasteiger partial charge in [0.1, 0.15) is 5.75 Å². The molecule has 2 heterocycles. The summed E-state index contributed by atoms with van der Waals surface area (Å²) < 4.78 is 5.50. The molecule has 1 amide bonds. The van der Waals surface area contributed by atoms with Crippen molar-refractivity contribution in [2.24, 2.45) is 0 Å². The van der Waals surface area contributed by atoms with Crippen LogP contribution in [-0.4, -0.2) is 47.4 Å². The number of rotatable bonds is 4. The summed E-state index contributed by atoms with van der Waals surface area (Å²) in [6.45, 7) is 4.93.